The van der Waals surface area contributed by atoms with E-state index in [2.05, 4.69) is 17.1 Å². The van der Waals surface area contributed by atoms with E-state index in [1.54, 1.807) is 6.07 Å². The minimum absolute atomic E-state index is 0.340. The highest BCUT2D eigenvalue weighted by Crippen LogP contribution is 2.16. The van der Waals surface area contributed by atoms with Crippen molar-refractivity contribution in [1.29, 1.82) is 0 Å². The minimum atomic E-state index is -0.508. The van der Waals surface area contributed by atoms with Crippen LogP contribution in [0.25, 0.3) is 0 Å². The van der Waals surface area contributed by atoms with Gasteiger partial charge in [0.2, 0.25) is 0 Å². The van der Waals surface area contributed by atoms with Gasteiger partial charge < -0.3 is 5.32 Å². The summed E-state index contributed by atoms with van der Waals surface area (Å²) in [5, 5.41) is 3.31. The molecule has 1 atom stereocenters. The maximum absolute atomic E-state index is 13.6. The largest absolute Gasteiger partial charge is 0.314 e. The third-order valence-corrected chi connectivity index (χ3v) is 3.61. The van der Waals surface area contributed by atoms with Gasteiger partial charge in [-0.2, -0.15) is 0 Å². The maximum Gasteiger partial charge on any atom is 0.129 e. The van der Waals surface area contributed by atoms with Crippen molar-refractivity contribution in [3.05, 3.63) is 35.4 Å². The van der Waals surface area contributed by atoms with Crippen LogP contribution in [0.15, 0.2) is 18.2 Å². The summed E-state index contributed by atoms with van der Waals surface area (Å²) in [6.45, 7) is 6.10. The summed E-state index contributed by atoms with van der Waals surface area (Å²) in [6.07, 6.45) is 1.64. The van der Waals surface area contributed by atoms with Gasteiger partial charge in [-0.1, -0.05) is 13.0 Å². The molecule has 0 bridgehead atoms. The highest BCUT2D eigenvalue weighted by molar-refractivity contribution is 5.19. The number of nitrogens with zero attached hydrogens (tertiary/aromatic N) is 1. The second-order valence-electron chi connectivity index (χ2n) is 4.79. The van der Waals surface area contributed by atoms with Crippen LogP contribution in [0.3, 0.4) is 0 Å². The lowest BCUT2D eigenvalue weighted by Crippen LogP contribution is -2.49. The Morgan fingerprint density at radius 2 is 2.00 bits per heavy atom. The van der Waals surface area contributed by atoms with Crippen LogP contribution in [-0.2, 0) is 6.42 Å². The van der Waals surface area contributed by atoms with Crippen molar-refractivity contribution < 1.29 is 8.78 Å². The standard InChI is InChI=1S/C14H20F2N2/c1-2-13(18-7-5-17-6-8-18)9-11-3-4-12(15)10-14(11)16/h3-4,10,13,17H,2,5-9H2,1H3. The number of piperazine rings is 1. The second kappa shape index (κ2) is 6.25. The first kappa shape index (κ1) is 13.4. The zero-order chi connectivity index (χ0) is 13.0. The van der Waals surface area contributed by atoms with Gasteiger partial charge in [-0.25, -0.2) is 8.78 Å². The topological polar surface area (TPSA) is 15.3 Å². The van der Waals surface area contributed by atoms with E-state index in [4.69, 9.17) is 0 Å². The molecule has 1 unspecified atom stereocenters. The molecule has 1 aromatic rings. The lowest BCUT2D eigenvalue weighted by molar-refractivity contribution is 0.166. The molecule has 100 valence electrons. The number of halogens is 2. The first-order valence-corrected chi connectivity index (χ1v) is 6.59. The van der Waals surface area contributed by atoms with Crippen molar-refractivity contribution in [2.24, 2.45) is 0 Å². The van der Waals surface area contributed by atoms with Crippen LogP contribution < -0.4 is 5.32 Å². The Morgan fingerprint density at radius 1 is 1.28 bits per heavy atom. The summed E-state index contributed by atoms with van der Waals surface area (Å²) < 4.78 is 26.5. The zero-order valence-corrected chi connectivity index (χ0v) is 10.8. The van der Waals surface area contributed by atoms with Crippen molar-refractivity contribution in [3.63, 3.8) is 0 Å². The van der Waals surface area contributed by atoms with Gasteiger partial charge in [-0.05, 0) is 24.5 Å². The van der Waals surface area contributed by atoms with E-state index in [0.717, 1.165) is 38.7 Å². The molecule has 0 saturated carbocycles. The Balaban J connectivity index is 2.04. The molecule has 1 aliphatic heterocycles. The molecule has 1 aliphatic rings. The van der Waals surface area contributed by atoms with Crippen molar-refractivity contribution in [3.8, 4) is 0 Å². The summed E-state index contributed by atoms with van der Waals surface area (Å²) >= 11 is 0. The average Bonchev–Trinajstić information content (AvgIpc) is 2.39. The molecule has 2 rings (SSSR count). The Hall–Kier alpha value is -1.00. The van der Waals surface area contributed by atoms with Crippen molar-refractivity contribution in [1.82, 2.24) is 10.2 Å². The zero-order valence-electron chi connectivity index (χ0n) is 10.8. The van der Waals surface area contributed by atoms with Crippen molar-refractivity contribution in [2.75, 3.05) is 26.2 Å². The third kappa shape index (κ3) is 3.27. The molecular weight excluding hydrogens is 234 g/mol. The lowest BCUT2D eigenvalue weighted by atomic mass is 10.0. The van der Waals surface area contributed by atoms with Crippen LogP contribution >= 0.6 is 0 Å². The summed E-state index contributed by atoms with van der Waals surface area (Å²) in [4.78, 5) is 2.39. The molecule has 18 heavy (non-hydrogen) atoms. The molecule has 0 aliphatic carbocycles. The molecule has 2 nitrogen and oxygen atoms in total. The van der Waals surface area contributed by atoms with Crippen LogP contribution in [-0.4, -0.2) is 37.1 Å². The van der Waals surface area contributed by atoms with Gasteiger partial charge in [0.1, 0.15) is 11.6 Å². The molecule has 1 heterocycles. The average molecular weight is 254 g/mol. The molecule has 1 fully saturated rings. The van der Waals surface area contributed by atoms with E-state index in [0.29, 0.717) is 18.0 Å². The lowest BCUT2D eigenvalue weighted by Gasteiger charge is -2.34. The number of hydrogen-bond acceptors (Lipinski definition) is 2. The van der Waals surface area contributed by atoms with Gasteiger partial charge in [0.25, 0.3) is 0 Å². The van der Waals surface area contributed by atoms with E-state index in [-0.39, 0.29) is 0 Å². The quantitative estimate of drug-likeness (QED) is 0.886. The summed E-state index contributed by atoms with van der Waals surface area (Å²) in [5.41, 5.74) is 0.613. The van der Waals surface area contributed by atoms with E-state index in [1.807, 2.05) is 0 Å². The van der Waals surface area contributed by atoms with Crippen LogP contribution in [0.4, 0.5) is 8.78 Å². The fraction of sp³-hybridized carbons (Fsp3) is 0.571. The van der Waals surface area contributed by atoms with Crippen LogP contribution in [0, 0.1) is 11.6 Å². The Bertz CT molecular complexity index is 389. The maximum atomic E-state index is 13.6. The number of hydrogen-bond donors (Lipinski definition) is 1. The molecule has 1 aromatic carbocycles. The first-order chi connectivity index (χ1) is 8.70. The second-order valence-corrected chi connectivity index (χ2v) is 4.79. The van der Waals surface area contributed by atoms with Crippen LogP contribution in [0.2, 0.25) is 0 Å². The Morgan fingerprint density at radius 3 is 2.61 bits per heavy atom. The predicted molar refractivity (Wildman–Crippen MR) is 68.6 cm³/mol. The molecule has 0 spiro atoms. The molecule has 1 N–H and O–H groups in total. The Labute approximate surface area is 107 Å². The van der Waals surface area contributed by atoms with Gasteiger partial charge in [-0.15, -0.1) is 0 Å². The normalized spacial score (nSPS) is 18.8. The number of benzene rings is 1. The Kier molecular flexibility index (Phi) is 4.66. The molecule has 0 aromatic heterocycles. The highest BCUT2D eigenvalue weighted by atomic mass is 19.1. The summed E-state index contributed by atoms with van der Waals surface area (Å²) in [6, 6.07) is 4.21. The van der Waals surface area contributed by atoms with Crippen molar-refractivity contribution >= 4 is 0 Å². The van der Waals surface area contributed by atoms with Gasteiger partial charge in [-0.3, -0.25) is 4.90 Å². The summed E-state index contributed by atoms with van der Waals surface area (Å²) in [7, 11) is 0. The predicted octanol–water partition coefficient (Wildman–Crippen LogP) is 2.19. The number of nitrogens with one attached hydrogen (secondary N) is 1. The molecule has 0 radical (unpaired) electrons. The highest BCUT2D eigenvalue weighted by Gasteiger charge is 2.20. The fourth-order valence-electron chi connectivity index (χ4n) is 2.52. The van der Waals surface area contributed by atoms with E-state index < -0.39 is 11.6 Å². The van der Waals surface area contributed by atoms with Gasteiger partial charge in [0.05, 0.1) is 0 Å². The molecule has 0 amide bonds. The molecule has 4 heteroatoms. The monoisotopic (exact) mass is 254 g/mol. The fourth-order valence-corrected chi connectivity index (χ4v) is 2.52. The van der Waals surface area contributed by atoms with Crippen LogP contribution in [0.5, 0.6) is 0 Å². The first-order valence-electron chi connectivity index (χ1n) is 6.59. The number of rotatable bonds is 4. The van der Waals surface area contributed by atoms with E-state index in [1.165, 1.54) is 6.07 Å². The van der Waals surface area contributed by atoms with E-state index >= 15 is 0 Å². The van der Waals surface area contributed by atoms with E-state index in [9.17, 15) is 8.78 Å². The SMILES string of the molecule is CCC(Cc1ccc(F)cc1F)N1CCNCC1. The van der Waals surface area contributed by atoms with Crippen molar-refractivity contribution in [2.45, 2.75) is 25.8 Å². The molecule has 1 saturated heterocycles. The third-order valence-electron chi connectivity index (χ3n) is 3.61. The minimum Gasteiger partial charge on any atom is -0.314 e. The summed E-state index contributed by atoms with van der Waals surface area (Å²) in [5.74, 6) is -0.935. The van der Waals surface area contributed by atoms with Gasteiger partial charge >= 0.3 is 0 Å². The van der Waals surface area contributed by atoms with Gasteiger partial charge in [0, 0.05) is 38.3 Å². The molecular formula is C14H20F2N2. The van der Waals surface area contributed by atoms with Gasteiger partial charge in [0.15, 0.2) is 0 Å². The smallest absolute Gasteiger partial charge is 0.129 e. The van der Waals surface area contributed by atoms with Crippen LogP contribution in [0.1, 0.15) is 18.9 Å².